The van der Waals surface area contributed by atoms with E-state index in [0.717, 1.165) is 5.56 Å². The van der Waals surface area contributed by atoms with Gasteiger partial charge in [-0.15, -0.1) is 0 Å². The maximum Gasteiger partial charge on any atom is 0.248 e. The molecule has 1 aromatic rings. The van der Waals surface area contributed by atoms with Crippen molar-refractivity contribution < 1.29 is 4.79 Å². The van der Waals surface area contributed by atoms with Gasteiger partial charge in [-0.3, -0.25) is 14.5 Å². The number of hydrogen-bond donors (Lipinski definition) is 2. The van der Waals surface area contributed by atoms with Crippen molar-refractivity contribution in [1.29, 1.82) is 0 Å². The summed E-state index contributed by atoms with van der Waals surface area (Å²) < 4.78 is 3.71. The number of primary amides is 1. The number of nitrogens with two attached hydrogens (primary N) is 1. The zero-order valence-corrected chi connectivity index (χ0v) is 13.5. The van der Waals surface area contributed by atoms with E-state index in [1.165, 1.54) is 16.0 Å². The third kappa shape index (κ3) is 2.24. The number of allylic oxidation sites excluding steroid dienone is 3. The topological polar surface area (TPSA) is 67.5 Å². The number of amides is 1. The van der Waals surface area contributed by atoms with E-state index in [1.807, 2.05) is 24.4 Å². The van der Waals surface area contributed by atoms with E-state index >= 15 is 0 Å². The van der Waals surface area contributed by atoms with E-state index in [4.69, 9.17) is 5.73 Å². The Labute approximate surface area is 137 Å². The van der Waals surface area contributed by atoms with E-state index in [2.05, 4.69) is 40.2 Å². The molecule has 3 N–H and O–H groups in total. The van der Waals surface area contributed by atoms with Crippen LogP contribution in [0.2, 0.25) is 0 Å². The molecule has 1 aromatic carbocycles. The average molecular weight is 323 g/mol. The number of dihydropyridines is 1. The number of rotatable bonds is 1. The predicted octanol–water partition coefficient (Wildman–Crippen LogP) is 2.45. The molecule has 1 aliphatic carbocycles. The van der Waals surface area contributed by atoms with Crippen LogP contribution < -0.4 is 10.5 Å². The third-order valence-electron chi connectivity index (χ3n) is 4.37. The minimum atomic E-state index is -0.394. The summed E-state index contributed by atoms with van der Waals surface area (Å²) >= 11 is 0. The SMILES string of the molecule is C/C=S1\NC2C(=CC=C3C=CC=NC32)c2cc(C(N)=O)ccc21. The number of carbonyl (C=O) groups excluding carboxylic acids is 1. The summed E-state index contributed by atoms with van der Waals surface area (Å²) in [5, 5.41) is 2.17. The fraction of sp³-hybridized carbons (Fsp3) is 0.167. The summed E-state index contributed by atoms with van der Waals surface area (Å²) in [4.78, 5) is 17.4. The second-order valence-corrected chi connectivity index (χ2v) is 7.46. The first-order valence-electron chi connectivity index (χ1n) is 7.53. The smallest absolute Gasteiger partial charge is 0.248 e. The number of benzene rings is 1. The summed E-state index contributed by atoms with van der Waals surface area (Å²) in [6.45, 7) is 2.06. The van der Waals surface area contributed by atoms with Crippen LogP contribution in [0.3, 0.4) is 0 Å². The van der Waals surface area contributed by atoms with Crippen molar-refractivity contribution in [3.05, 3.63) is 59.2 Å². The Morgan fingerprint density at radius 2 is 2.26 bits per heavy atom. The lowest BCUT2D eigenvalue weighted by Gasteiger charge is -2.38. The summed E-state index contributed by atoms with van der Waals surface area (Å²) in [5.74, 6) is -0.394. The molecule has 2 aliphatic heterocycles. The van der Waals surface area contributed by atoms with Gasteiger partial charge in [-0.25, -0.2) is 0 Å². The highest BCUT2D eigenvalue weighted by molar-refractivity contribution is 8.13. The largest absolute Gasteiger partial charge is 0.366 e. The molecular formula is C18H17N3OS. The van der Waals surface area contributed by atoms with Crippen molar-refractivity contribution in [3.63, 3.8) is 0 Å². The first-order chi connectivity index (χ1) is 11.2. The summed E-state index contributed by atoms with van der Waals surface area (Å²) in [6.07, 6.45) is 10.2. The summed E-state index contributed by atoms with van der Waals surface area (Å²) in [5.41, 5.74) is 9.50. The molecule has 0 saturated heterocycles. The Balaban J connectivity index is 1.92. The maximum atomic E-state index is 11.6. The van der Waals surface area contributed by atoms with Crippen LogP contribution in [0.25, 0.3) is 5.57 Å². The van der Waals surface area contributed by atoms with E-state index in [-0.39, 0.29) is 22.8 Å². The van der Waals surface area contributed by atoms with Gasteiger partial charge >= 0.3 is 0 Å². The Morgan fingerprint density at radius 1 is 1.39 bits per heavy atom. The molecule has 2 heterocycles. The van der Waals surface area contributed by atoms with Gasteiger partial charge in [-0.05, 0) is 53.3 Å². The second kappa shape index (κ2) is 5.44. The number of carbonyl (C=O) groups is 1. The van der Waals surface area contributed by atoms with E-state index in [9.17, 15) is 4.79 Å². The normalized spacial score (nSPS) is 27.6. The summed E-state index contributed by atoms with van der Waals surface area (Å²) in [7, 11) is -0.175. The van der Waals surface area contributed by atoms with Crippen molar-refractivity contribution in [2.24, 2.45) is 10.7 Å². The van der Waals surface area contributed by atoms with Crippen LogP contribution in [0.4, 0.5) is 0 Å². The van der Waals surface area contributed by atoms with Gasteiger partial charge in [0.2, 0.25) is 5.91 Å². The predicted molar refractivity (Wildman–Crippen MR) is 97.0 cm³/mol. The van der Waals surface area contributed by atoms with E-state index < -0.39 is 5.91 Å². The van der Waals surface area contributed by atoms with Crippen molar-refractivity contribution in [2.75, 3.05) is 0 Å². The Hall–Kier alpha value is -2.24. The molecule has 0 spiro atoms. The number of fused-ring (bicyclic) bond motifs is 5. The molecule has 3 unspecified atom stereocenters. The highest BCUT2D eigenvalue weighted by Crippen LogP contribution is 2.43. The molecule has 0 fully saturated rings. The highest BCUT2D eigenvalue weighted by atomic mass is 32.2. The molecule has 23 heavy (non-hydrogen) atoms. The second-order valence-electron chi connectivity index (χ2n) is 5.63. The molecule has 0 radical (unpaired) electrons. The van der Waals surface area contributed by atoms with Gasteiger partial charge < -0.3 is 5.73 Å². The van der Waals surface area contributed by atoms with Gasteiger partial charge in [-0.1, -0.05) is 28.9 Å². The monoisotopic (exact) mass is 323 g/mol. The van der Waals surface area contributed by atoms with E-state index in [1.54, 1.807) is 6.07 Å². The Kier molecular flexibility index (Phi) is 3.39. The van der Waals surface area contributed by atoms with Crippen LogP contribution in [0.1, 0.15) is 22.8 Å². The molecule has 5 heteroatoms. The molecule has 4 rings (SSSR count). The summed E-state index contributed by atoms with van der Waals surface area (Å²) in [6, 6.07) is 5.93. The average Bonchev–Trinajstić information content (AvgIpc) is 2.60. The van der Waals surface area contributed by atoms with Crippen molar-refractivity contribution >= 4 is 33.7 Å². The zero-order valence-electron chi connectivity index (χ0n) is 12.7. The van der Waals surface area contributed by atoms with Gasteiger partial charge in [0.15, 0.2) is 0 Å². The lowest BCUT2D eigenvalue weighted by atomic mass is 9.84. The molecule has 4 nitrogen and oxygen atoms in total. The zero-order chi connectivity index (χ0) is 16.0. The van der Waals surface area contributed by atoms with Crippen LogP contribution in [0, 0.1) is 0 Å². The van der Waals surface area contributed by atoms with Crippen molar-refractivity contribution in [3.8, 4) is 0 Å². The number of aliphatic imine (C=N–C) groups is 1. The molecule has 3 aliphatic rings. The Bertz CT molecular complexity index is 861. The quantitative estimate of drug-likeness (QED) is 0.780. The molecule has 0 saturated carbocycles. The lowest BCUT2D eigenvalue weighted by molar-refractivity contribution is 0.1000. The van der Waals surface area contributed by atoms with Crippen molar-refractivity contribution in [1.82, 2.24) is 4.72 Å². The van der Waals surface area contributed by atoms with Crippen LogP contribution >= 0.6 is 10.7 Å². The number of nitrogens with one attached hydrogen (secondary N) is 1. The maximum absolute atomic E-state index is 11.6. The number of hydrogen-bond acceptors (Lipinski definition) is 3. The van der Waals surface area contributed by atoms with Crippen LogP contribution in [-0.2, 0) is 0 Å². The first-order valence-corrected chi connectivity index (χ1v) is 8.82. The molecule has 0 aromatic heterocycles. The molecule has 3 atom stereocenters. The lowest BCUT2D eigenvalue weighted by Crippen LogP contribution is -2.42. The van der Waals surface area contributed by atoms with Crippen LogP contribution in [-0.4, -0.2) is 29.6 Å². The Morgan fingerprint density at radius 3 is 3.04 bits per heavy atom. The first kappa shape index (κ1) is 14.4. The van der Waals surface area contributed by atoms with Gasteiger partial charge in [-0.2, -0.15) is 0 Å². The standard InChI is InChI=1S/C18H17N3OS/c1-2-23-15-8-6-12(18(19)22)10-14(15)13-7-5-11-4-3-9-20-16(11)17(13)21-23/h2-10,16-17,21H,1H3,(H2,19,22). The van der Waals surface area contributed by atoms with Crippen molar-refractivity contribution in [2.45, 2.75) is 23.9 Å². The fourth-order valence-electron chi connectivity index (χ4n) is 3.25. The third-order valence-corrected chi connectivity index (χ3v) is 6.18. The fourth-order valence-corrected chi connectivity index (χ4v) is 4.93. The van der Waals surface area contributed by atoms with Crippen LogP contribution in [0.5, 0.6) is 0 Å². The van der Waals surface area contributed by atoms with Gasteiger partial charge in [0.05, 0.1) is 12.1 Å². The van der Waals surface area contributed by atoms with Gasteiger partial charge in [0, 0.05) is 16.7 Å². The minimum Gasteiger partial charge on any atom is -0.366 e. The highest BCUT2D eigenvalue weighted by Gasteiger charge is 2.35. The van der Waals surface area contributed by atoms with Gasteiger partial charge in [0.25, 0.3) is 0 Å². The number of nitrogens with zero attached hydrogens (tertiary/aromatic N) is 1. The molecular weight excluding hydrogens is 306 g/mol. The molecule has 0 bridgehead atoms. The molecule has 1 amide bonds. The molecule has 116 valence electrons. The van der Waals surface area contributed by atoms with Crippen LogP contribution in [0.15, 0.2) is 58.0 Å². The van der Waals surface area contributed by atoms with Gasteiger partial charge in [0.1, 0.15) is 0 Å². The minimum absolute atomic E-state index is 0.0836. The van der Waals surface area contributed by atoms with E-state index in [0.29, 0.717) is 5.56 Å².